The molecule has 29 heavy (non-hydrogen) atoms. The van der Waals surface area contributed by atoms with Crippen LogP contribution in [0.1, 0.15) is 35.0 Å². The van der Waals surface area contributed by atoms with E-state index < -0.39 is 0 Å². The second-order valence-electron chi connectivity index (χ2n) is 6.95. The highest BCUT2D eigenvalue weighted by atomic mass is 32.1. The number of benzene rings is 1. The van der Waals surface area contributed by atoms with Crippen LogP contribution in [0, 0.1) is 11.3 Å². The molecule has 148 valence electrons. The minimum Gasteiger partial charge on any atom is -0.375 e. The predicted molar refractivity (Wildman–Crippen MR) is 114 cm³/mol. The standard InChI is InChI=1S/C22H23N5OS/c23-14-18-15-24-22(29-18)26-21-10-4-8-19(25-21)20-9-5-11-27(20)12-13-28-16-17-6-2-1-3-7-17/h1-4,6-8,10,15,20H,5,9,11-13,16H2,(H,24,25,26). The predicted octanol–water partition coefficient (Wildman–Crippen LogP) is 4.51. The van der Waals surface area contributed by atoms with Gasteiger partial charge in [-0.1, -0.05) is 47.7 Å². The second-order valence-corrected chi connectivity index (χ2v) is 7.98. The molecular weight excluding hydrogens is 382 g/mol. The van der Waals surface area contributed by atoms with E-state index >= 15 is 0 Å². The molecule has 1 aliphatic rings. The molecule has 0 bridgehead atoms. The van der Waals surface area contributed by atoms with Crippen molar-refractivity contribution in [1.29, 1.82) is 5.26 Å². The second kappa shape index (κ2) is 9.61. The Balaban J connectivity index is 1.33. The fourth-order valence-electron chi connectivity index (χ4n) is 3.57. The molecule has 7 heteroatoms. The van der Waals surface area contributed by atoms with Crippen molar-refractivity contribution in [2.45, 2.75) is 25.5 Å². The van der Waals surface area contributed by atoms with Gasteiger partial charge in [-0.2, -0.15) is 5.26 Å². The number of nitrogens with zero attached hydrogens (tertiary/aromatic N) is 4. The summed E-state index contributed by atoms with van der Waals surface area (Å²) in [4.78, 5) is 12.1. The maximum atomic E-state index is 8.95. The van der Waals surface area contributed by atoms with Crippen LogP contribution >= 0.6 is 11.3 Å². The van der Waals surface area contributed by atoms with Crippen LogP contribution in [-0.4, -0.2) is 34.6 Å². The average molecular weight is 406 g/mol. The highest BCUT2D eigenvalue weighted by molar-refractivity contribution is 7.16. The van der Waals surface area contributed by atoms with E-state index in [1.807, 2.05) is 30.3 Å². The Morgan fingerprint density at radius 3 is 2.93 bits per heavy atom. The van der Waals surface area contributed by atoms with E-state index in [-0.39, 0.29) is 0 Å². The number of rotatable bonds is 8. The molecule has 1 aliphatic heterocycles. The molecule has 6 nitrogen and oxygen atoms in total. The Bertz CT molecular complexity index is 969. The normalized spacial score (nSPS) is 16.6. The summed E-state index contributed by atoms with van der Waals surface area (Å²) in [6, 6.07) is 18.7. The Kier molecular flexibility index (Phi) is 6.47. The number of likely N-dealkylation sites (tertiary alicyclic amines) is 1. The maximum Gasteiger partial charge on any atom is 0.189 e. The van der Waals surface area contributed by atoms with Crippen molar-refractivity contribution in [3.8, 4) is 6.07 Å². The number of aromatic nitrogens is 2. The van der Waals surface area contributed by atoms with Crippen molar-refractivity contribution in [3.05, 3.63) is 70.9 Å². The summed E-state index contributed by atoms with van der Waals surface area (Å²) < 4.78 is 5.87. The first kappa shape index (κ1) is 19.5. The third-order valence-electron chi connectivity index (χ3n) is 4.96. The summed E-state index contributed by atoms with van der Waals surface area (Å²) in [5, 5.41) is 12.8. The summed E-state index contributed by atoms with van der Waals surface area (Å²) >= 11 is 1.33. The van der Waals surface area contributed by atoms with Gasteiger partial charge in [-0.05, 0) is 37.1 Å². The van der Waals surface area contributed by atoms with Gasteiger partial charge < -0.3 is 10.1 Å². The number of hydrogen-bond acceptors (Lipinski definition) is 7. The molecule has 1 saturated heterocycles. The van der Waals surface area contributed by atoms with Gasteiger partial charge in [0.25, 0.3) is 0 Å². The van der Waals surface area contributed by atoms with Crippen LogP contribution in [0.15, 0.2) is 54.7 Å². The number of hydrogen-bond donors (Lipinski definition) is 1. The minimum absolute atomic E-state index is 0.308. The van der Waals surface area contributed by atoms with Gasteiger partial charge in [-0.15, -0.1) is 0 Å². The van der Waals surface area contributed by atoms with Gasteiger partial charge in [-0.3, -0.25) is 4.90 Å². The first-order valence-corrected chi connectivity index (χ1v) is 10.6. The number of anilines is 2. The molecule has 0 saturated carbocycles. The summed E-state index contributed by atoms with van der Waals surface area (Å²) in [5.41, 5.74) is 2.26. The monoisotopic (exact) mass is 405 g/mol. The number of nitrogens with one attached hydrogen (secondary N) is 1. The van der Waals surface area contributed by atoms with Gasteiger partial charge in [0.05, 0.1) is 31.1 Å². The lowest BCUT2D eigenvalue weighted by Gasteiger charge is -2.24. The van der Waals surface area contributed by atoms with Gasteiger partial charge in [0.2, 0.25) is 0 Å². The average Bonchev–Trinajstić information content (AvgIpc) is 3.41. The minimum atomic E-state index is 0.308. The lowest BCUT2D eigenvalue weighted by Crippen LogP contribution is -2.27. The van der Waals surface area contributed by atoms with E-state index in [1.54, 1.807) is 6.20 Å². The van der Waals surface area contributed by atoms with E-state index in [4.69, 9.17) is 15.0 Å². The zero-order chi connectivity index (χ0) is 19.9. The Labute approximate surface area is 174 Å². The zero-order valence-electron chi connectivity index (χ0n) is 16.1. The molecule has 1 aromatic carbocycles. The SMILES string of the molecule is N#Cc1cnc(Nc2cccc(C3CCCN3CCOCc3ccccc3)n2)s1. The van der Waals surface area contributed by atoms with Crippen molar-refractivity contribution in [2.24, 2.45) is 0 Å². The van der Waals surface area contributed by atoms with Crippen molar-refractivity contribution in [2.75, 3.05) is 25.0 Å². The molecule has 0 aliphatic carbocycles. The number of thiazole rings is 1. The van der Waals surface area contributed by atoms with Crippen molar-refractivity contribution >= 4 is 22.3 Å². The van der Waals surface area contributed by atoms with E-state index in [0.717, 1.165) is 31.0 Å². The highest BCUT2D eigenvalue weighted by Gasteiger charge is 2.26. The van der Waals surface area contributed by atoms with Crippen LogP contribution in [0.5, 0.6) is 0 Å². The maximum absolute atomic E-state index is 8.95. The Morgan fingerprint density at radius 1 is 1.21 bits per heavy atom. The lowest BCUT2D eigenvalue weighted by molar-refractivity contribution is 0.0882. The largest absolute Gasteiger partial charge is 0.375 e. The smallest absolute Gasteiger partial charge is 0.189 e. The van der Waals surface area contributed by atoms with E-state index in [9.17, 15) is 0 Å². The van der Waals surface area contributed by atoms with E-state index in [2.05, 4.69) is 39.5 Å². The molecule has 0 radical (unpaired) electrons. The molecular formula is C22H23N5OS. The summed E-state index contributed by atoms with van der Waals surface area (Å²) in [6.45, 7) is 3.32. The van der Waals surface area contributed by atoms with Crippen molar-refractivity contribution in [3.63, 3.8) is 0 Å². The number of pyridine rings is 1. The van der Waals surface area contributed by atoms with Gasteiger partial charge in [0, 0.05) is 6.54 Å². The Hall–Kier alpha value is -2.79. The van der Waals surface area contributed by atoms with Crippen LogP contribution in [0.3, 0.4) is 0 Å². The van der Waals surface area contributed by atoms with E-state index in [0.29, 0.717) is 29.3 Å². The van der Waals surface area contributed by atoms with Gasteiger partial charge >= 0.3 is 0 Å². The molecule has 0 amide bonds. The van der Waals surface area contributed by atoms with Crippen molar-refractivity contribution in [1.82, 2.24) is 14.9 Å². The molecule has 1 unspecified atom stereocenters. The third kappa shape index (κ3) is 5.18. The van der Waals surface area contributed by atoms with E-state index in [1.165, 1.54) is 23.3 Å². The zero-order valence-corrected chi connectivity index (χ0v) is 16.9. The van der Waals surface area contributed by atoms with Gasteiger partial charge in [0.15, 0.2) is 5.13 Å². The summed E-state index contributed by atoms with van der Waals surface area (Å²) in [5.74, 6) is 0.758. The quantitative estimate of drug-likeness (QED) is 0.556. The molecule has 4 rings (SSSR count). The van der Waals surface area contributed by atoms with Gasteiger partial charge in [0.1, 0.15) is 16.8 Å². The van der Waals surface area contributed by atoms with Crippen LogP contribution in [0.4, 0.5) is 10.9 Å². The number of nitriles is 1. The fraction of sp³-hybridized carbons (Fsp3) is 0.318. The van der Waals surface area contributed by atoms with Crippen LogP contribution < -0.4 is 5.32 Å². The Morgan fingerprint density at radius 2 is 2.10 bits per heavy atom. The third-order valence-corrected chi connectivity index (χ3v) is 5.78. The van der Waals surface area contributed by atoms with Crippen molar-refractivity contribution < 1.29 is 4.74 Å². The number of ether oxygens (including phenoxy) is 1. The molecule has 1 N–H and O–H groups in total. The summed E-state index contributed by atoms with van der Waals surface area (Å²) in [7, 11) is 0. The molecule has 1 atom stereocenters. The molecule has 3 aromatic rings. The molecule has 3 heterocycles. The summed E-state index contributed by atoms with van der Waals surface area (Å²) in [6.07, 6.45) is 3.84. The first-order chi connectivity index (χ1) is 14.3. The van der Waals surface area contributed by atoms with Gasteiger partial charge in [-0.25, -0.2) is 9.97 Å². The fourth-order valence-corrected chi connectivity index (χ4v) is 4.19. The highest BCUT2D eigenvalue weighted by Crippen LogP contribution is 2.31. The van der Waals surface area contributed by atoms with Crippen LogP contribution in [0.2, 0.25) is 0 Å². The topological polar surface area (TPSA) is 74.1 Å². The first-order valence-electron chi connectivity index (χ1n) is 9.77. The molecule has 1 fully saturated rings. The van der Waals surface area contributed by atoms with Crippen LogP contribution in [-0.2, 0) is 11.3 Å². The lowest BCUT2D eigenvalue weighted by atomic mass is 10.1. The molecule has 2 aromatic heterocycles. The molecule has 0 spiro atoms. The van der Waals surface area contributed by atoms with Crippen LogP contribution in [0.25, 0.3) is 0 Å².